The van der Waals surface area contributed by atoms with Gasteiger partial charge in [-0.25, -0.2) is 13.6 Å². The van der Waals surface area contributed by atoms with Crippen molar-refractivity contribution >= 4 is 41.0 Å². The third-order valence-corrected chi connectivity index (χ3v) is 10.7. The Morgan fingerprint density at radius 2 is 1.97 bits per heavy atom. The highest BCUT2D eigenvalue weighted by molar-refractivity contribution is 7.96. The lowest BCUT2D eigenvalue weighted by Crippen LogP contribution is -2.70. The second-order valence-electron chi connectivity index (χ2n) is 11.1. The minimum absolute atomic E-state index is 0.0265. The van der Waals surface area contributed by atoms with Gasteiger partial charge in [-0.3, -0.25) is 9.59 Å². The summed E-state index contributed by atoms with van der Waals surface area (Å²) in [5, 5.41) is 14.6. The number of alkyl halides is 2. The van der Waals surface area contributed by atoms with Crippen molar-refractivity contribution in [3.05, 3.63) is 34.4 Å². The van der Waals surface area contributed by atoms with Gasteiger partial charge >= 0.3 is 5.97 Å². The fourth-order valence-electron chi connectivity index (χ4n) is 7.85. The lowest BCUT2D eigenvalue weighted by molar-refractivity contribution is -0.221. The number of aromatic nitrogens is 2. The highest BCUT2D eigenvalue weighted by Gasteiger charge is 2.78. The van der Waals surface area contributed by atoms with E-state index in [9.17, 15) is 19.5 Å². The molecule has 0 bridgehead atoms. The Balaban J connectivity index is 1.62. The fourth-order valence-corrected chi connectivity index (χ4v) is 8.91. The van der Waals surface area contributed by atoms with Crippen LogP contribution in [0.5, 0.6) is 0 Å². The number of carbonyl (C=O) groups excluding carboxylic acids is 3. The van der Waals surface area contributed by atoms with Crippen LogP contribution in [0.25, 0.3) is 0 Å². The minimum Gasteiger partial charge on any atom is -0.445 e. The summed E-state index contributed by atoms with van der Waals surface area (Å²) in [6.07, 6.45) is 0.292. The monoisotopic (exact) mass is 538 g/mol. The maximum Gasteiger partial charge on any atom is 0.352 e. The Kier molecular flexibility index (Phi) is 5.71. The molecule has 5 rings (SSSR count). The van der Waals surface area contributed by atoms with Gasteiger partial charge in [0, 0.05) is 22.7 Å². The molecule has 0 radical (unpaired) electrons. The molecule has 1 aromatic heterocycles. The van der Waals surface area contributed by atoms with Gasteiger partial charge in [0.15, 0.2) is 21.9 Å². The Morgan fingerprint density at radius 3 is 2.58 bits per heavy atom. The number of fused-ring (bicyclic) bond motifs is 5. The van der Waals surface area contributed by atoms with Gasteiger partial charge in [-0.05, 0) is 68.3 Å². The zero-order valence-electron chi connectivity index (χ0n) is 20.3. The summed E-state index contributed by atoms with van der Waals surface area (Å²) in [7, 11) is 0. The average Bonchev–Trinajstić information content (AvgIpc) is 3.32. The van der Waals surface area contributed by atoms with Crippen LogP contribution in [0.4, 0.5) is 8.78 Å². The van der Waals surface area contributed by atoms with Gasteiger partial charge in [0.1, 0.15) is 6.17 Å². The van der Waals surface area contributed by atoms with Crippen molar-refractivity contribution in [1.29, 1.82) is 0 Å². The Labute approximate surface area is 216 Å². The third-order valence-electron chi connectivity index (χ3n) is 9.58. The van der Waals surface area contributed by atoms with Crippen molar-refractivity contribution in [3.63, 3.8) is 0 Å². The Hall–Kier alpha value is -1.98. The lowest BCUT2D eigenvalue weighted by Gasteiger charge is -2.63. The van der Waals surface area contributed by atoms with Crippen molar-refractivity contribution in [2.24, 2.45) is 28.6 Å². The average molecular weight is 539 g/mol. The van der Waals surface area contributed by atoms with Crippen LogP contribution in [0.15, 0.2) is 23.8 Å². The minimum atomic E-state index is -2.29. The number of aliphatic hydroxyl groups excluding tert-OH is 1. The molecule has 3 saturated carbocycles. The lowest BCUT2D eigenvalue weighted by atomic mass is 9.44. The van der Waals surface area contributed by atoms with Crippen molar-refractivity contribution in [1.82, 2.24) is 9.59 Å². The number of carbonyl (C=O) groups is 3. The van der Waals surface area contributed by atoms with E-state index in [2.05, 4.69) is 22.2 Å². The van der Waals surface area contributed by atoms with Crippen LogP contribution in [0.2, 0.25) is 0 Å². The van der Waals surface area contributed by atoms with E-state index < -0.39 is 69.0 Å². The largest absolute Gasteiger partial charge is 0.445 e. The maximum atomic E-state index is 17.3. The second kappa shape index (κ2) is 8.01. The van der Waals surface area contributed by atoms with E-state index in [0.717, 1.165) is 17.6 Å². The number of ketones is 1. The molecule has 1 aromatic rings. The summed E-state index contributed by atoms with van der Waals surface area (Å²) in [6.45, 7) is 6.54. The van der Waals surface area contributed by atoms with Gasteiger partial charge in [0.05, 0.1) is 11.8 Å². The van der Waals surface area contributed by atoms with E-state index in [1.807, 2.05) is 0 Å². The molecule has 1 heterocycles. The smallest absolute Gasteiger partial charge is 0.352 e. The van der Waals surface area contributed by atoms with E-state index >= 15 is 8.78 Å². The first-order valence-corrected chi connectivity index (χ1v) is 13.2. The molecule has 0 aromatic carbocycles. The van der Waals surface area contributed by atoms with Crippen LogP contribution in [0, 0.1) is 35.5 Å². The number of esters is 1. The SMILES string of the molecule is Cc1nnsc1C(=O)O[C@]1(C(=O)S)[C@H](C)C[C@H]2[C@@H]3C[C@H](F)C4=CC(=O)C=C[C@]4(C)[C@@]3(F)[C@@H](O)C[C@@]21C. The first-order chi connectivity index (χ1) is 16.7. The number of rotatable bonds is 3. The molecule has 4 aliphatic rings. The number of hydrogen-bond acceptors (Lipinski definition) is 8. The van der Waals surface area contributed by atoms with Crippen molar-refractivity contribution in [2.45, 2.75) is 70.5 Å². The highest BCUT2D eigenvalue weighted by atomic mass is 32.1. The number of aliphatic hydroxyl groups is 1. The Morgan fingerprint density at radius 1 is 1.28 bits per heavy atom. The molecule has 0 unspecified atom stereocenters. The van der Waals surface area contributed by atoms with Gasteiger partial charge < -0.3 is 9.84 Å². The van der Waals surface area contributed by atoms with Crippen molar-refractivity contribution in [3.8, 4) is 0 Å². The summed E-state index contributed by atoms with van der Waals surface area (Å²) in [5.74, 6) is -3.39. The molecule has 0 aliphatic heterocycles. The number of hydrogen-bond donors (Lipinski definition) is 2. The molecule has 3 fully saturated rings. The topological polar surface area (TPSA) is 106 Å². The molecule has 194 valence electrons. The summed E-state index contributed by atoms with van der Waals surface area (Å²) in [6, 6.07) is 0. The van der Waals surface area contributed by atoms with Crippen molar-refractivity contribution in [2.75, 3.05) is 0 Å². The summed E-state index contributed by atoms with van der Waals surface area (Å²) < 4.78 is 42.6. The molecule has 11 heteroatoms. The highest BCUT2D eigenvalue weighted by Crippen LogP contribution is 2.71. The molecule has 7 nitrogen and oxygen atoms in total. The Bertz CT molecular complexity index is 1230. The van der Waals surface area contributed by atoms with E-state index in [-0.39, 0.29) is 29.7 Å². The van der Waals surface area contributed by atoms with Crippen LogP contribution in [0.3, 0.4) is 0 Å². The number of ether oxygens (including phenoxy) is 1. The van der Waals surface area contributed by atoms with Crippen LogP contribution >= 0.6 is 24.2 Å². The standard InChI is InChI=1S/C25H28F2N2O5S2/c1-11-7-14-15-9-17(26)16-8-13(30)5-6-22(16,3)24(15,27)18(31)10-23(14,4)25(11,21(33)35)34-20(32)19-12(2)28-29-36-19/h5-6,8,11,14-15,17-18,31H,7,9-10H2,1-4H3,(H,33,35)/t11-,14+,15+,17+,18+,22+,23+,24+,25+/m1/s1. The van der Waals surface area contributed by atoms with Crippen LogP contribution in [0.1, 0.15) is 55.4 Å². The zero-order valence-corrected chi connectivity index (χ0v) is 22.0. The number of allylic oxidation sites excluding steroid dienone is 4. The normalized spacial score (nSPS) is 45.4. The van der Waals surface area contributed by atoms with Crippen LogP contribution < -0.4 is 0 Å². The molecule has 0 spiro atoms. The quantitative estimate of drug-likeness (QED) is 0.446. The van der Waals surface area contributed by atoms with Crippen LogP contribution in [-0.2, 0) is 14.3 Å². The number of aryl methyl sites for hydroxylation is 1. The molecule has 9 atom stereocenters. The number of halogens is 2. The zero-order chi connectivity index (χ0) is 26.4. The van der Waals surface area contributed by atoms with Gasteiger partial charge in [0.25, 0.3) is 0 Å². The molecule has 0 amide bonds. The molecular formula is C25H28F2N2O5S2. The van der Waals surface area contributed by atoms with E-state index in [4.69, 9.17) is 4.74 Å². The van der Waals surface area contributed by atoms with Crippen LogP contribution in [-0.4, -0.2) is 55.1 Å². The third kappa shape index (κ3) is 2.96. The molecule has 1 N–H and O–H groups in total. The predicted molar refractivity (Wildman–Crippen MR) is 130 cm³/mol. The predicted octanol–water partition coefficient (Wildman–Crippen LogP) is 3.76. The second-order valence-corrected chi connectivity index (χ2v) is 12.3. The molecule has 4 aliphatic carbocycles. The molecule has 0 saturated heterocycles. The van der Waals surface area contributed by atoms with E-state index in [1.54, 1.807) is 20.8 Å². The first kappa shape index (κ1) is 25.7. The number of thiol groups is 1. The van der Waals surface area contributed by atoms with Gasteiger partial charge in [-0.15, -0.1) is 17.7 Å². The van der Waals surface area contributed by atoms with E-state index in [0.29, 0.717) is 5.69 Å². The summed E-state index contributed by atoms with van der Waals surface area (Å²) >= 11 is 4.98. The maximum absolute atomic E-state index is 17.3. The van der Waals surface area contributed by atoms with Crippen molar-refractivity contribution < 1.29 is 33.0 Å². The first-order valence-electron chi connectivity index (χ1n) is 12.0. The summed E-state index contributed by atoms with van der Waals surface area (Å²) in [4.78, 5) is 38.5. The number of nitrogens with zero attached hydrogens (tertiary/aromatic N) is 2. The molecule has 36 heavy (non-hydrogen) atoms. The van der Waals surface area contributed by atoms with Gasteiger partial charge in [0.2, 0.25) is 5.12 Å². The van der Waals surface area contributed by atoms with Gasteiger partial charge in [-0.1, -0.05) is 24.4 Å². The summed E-state index contributed by atoms with van der Waals surface area (Å²) in [5.41, 5.74) is -6.45. The van der Waals surface area contributed by atoms with Gasteiger partial charge in [-0.2, -0.15) is 0 Å². The molecular weight excluding hydrogens is 510 g/mol. The fraction of sp³-hybridized carbons (Fsp3) is 0.640. The van der Waals surface area contributed by atoms with E-state index in [1.165, 1.54) is 19.1 Å².